The van der Waals surface area contributed by atoms with Crippen LogP contribution in [0.15, 0.2) is 79.0 Å². The van der Waals surface area contributed by atoms with Gasteiger partial charge in [0.25, 0.3) is 11.8 Å². The van der Waals surface area contributed by atoms with E-state index in [4.69, 9.17) is 0 Å². The number of carbonyl (C=O) groups is 2. The van der Waals surface area contributed by atoms with Crippen LogP contribution in [0.3, 0.4) is 0 Å². The van der Waals surface area contributed by atoms with E-state index in [1.165, 1.54) is 0 Å². The van der Waals surface area contributed by atoms with Crippen LogP contribution in [0.1, 0.15) is 32.1 Å². The number of para-hydroxylation sites is 1. The van der Waals surface area contributed by atoms with Gasteiger partial charge in [0.2, 0.25) is 0 Å². The number of nitrogens with zero attached hydrogens (tertiary/aromatic N) is 2. The number of aromatic nitrogens is 2. The molecule has 2 N–H and O–H groups in total. The smallest absolute Gasteiger partial charge is 0.274 e. The number of hydrogen-bond acceptors (Lipinski definition) is 4. The Morgan fingerprint density at radius 1 is 0.867 bits per heavy atom. The largest absolute Gasteiger partial charge is 0.347 e. The molecule has 0 bridgehead atoms. The molecule has 0 aliphatic heterocycles. The first kappa shape index (κ1) is 19.3. The van der Waals surface area contributed by atoms with Crippen molar-refractivity contribution in [2.45, 2.75) is 13.5 Å². The highest BCUT2D eigenvalue weighted by Crippen LogP contribution is 2.21. The molecule has 2 aromatic heterocycles. The summed E-state index contributed by atoms with van der Waals surface area (Å²) in [6.45, 7) is 2.39. The third-order valence-electron chi connectivity index (χ3n) is 4.63. The number of amides is 2. The van der Waals surface area contributed by atoms with Gasteiger partial charge in [0.15, 0.2) is 0 Å². The van der Waals surface area contributed by atoms with E-state index in [1.807, 2.05) is 55.5 Å². The lowest BCUT2D eigenvalue weighted by atomic mass is 10.1. The number of benzene rings is 2. The van der Waals surface area contributed by atoms with Gasteiger partial charge in [-0.1, -0.05) is 54.1 Å². The normalized spacial score (nSPS) is 10.6. The van der Waals surface area contributed by atoms with Crippen LogP contribution in [0.4, 0.5) is 5.69 Å². The van der Waals surface area contributed by atoms with Crippen LogP contribution in [-0.4, -0.2) is 21.8 Å². The van der Waals surface area contributed by atoms with Gasteiger partial charge in [-0.25, -0.2) is 4.98 Å². The molecule has 0 aliphatic carbocycles. The van der Waals surface area contributed by atoms with Gasteiger partial charge < -0.3 is 10.6 Å². The Morgan fingerprint density at radius 3 is 2.43 bits per heavy atom. The van der Waals surface area contributed by atoms with Gasteiger partial charge in [-0.05, 0) is 36.8 Å². The number of carbonyl (C=O) groups excluding carboxylic acids is 2. The highest BCUT2D eigenvalue weighted by atomic mass is 16.2. The van der Waals surface area contributed by atoms with E-state index >= 15 is 0 Å². The van der Waals surface area contributed by atoms with Crippen molar-refractivity contribution >= 4 is 28.4 Å². The molecular weight excluding hydrogens is 376 g/mol. The number of hydrogen-bond donors (Lipinski definition) is 2. The summed E-state index contributed by atoms with van der Waals surface area (Å²) in [6.07, 6.45) is 1.68. The molecule has 0 radical (unpaired) electrons. The van der Waals surface area contributed by atoms with Crippen molar-refractivity contribution in [3.8, 4) is 0 Å². The van der Waals surface area contributed by atoms with E-state index in [2.05, 4.69) is 20.6 Å². The first-order valence-electron chi connectivity index (χ1n) is 9.56. The van der Waals surface area contributed by atoms with Crippen molar-refractivity contribution in [2.75, 3.05) is 5.32 Å². The number of fused-ring (bicyclic) bond motifs is 1. The fourth-order valence-electron chi connectivity index (χ4n) is 3.17. The SMILES string of the molecule is Cc1cccc(CNC(=O)c2cccc(C(=O)Nc3cccc4cccnc34)n2)c1. The Labute approximate surface area is 174 Å². The number of aryl methyl sites for hydroxylation is 1. The van der Waals surface area contributed by atoms with Crippen molar-refractivity contribution < 1.29 is 9.59 Å². The second-order valence-electron chi connectivity index (χ2n) is 6.91. The van der Waals surface area contributed by atoms with Crippen molar-refractivity contribution in [2.24, 2.45) is 0 Å². The molecule has 4 aromatic rings. The molecule has 0 unspecified atom stereocenters. The predicted molar refractivity (Wildman–Crippen MR) is 116 cm³/mol. The van der Waals surface area contributed by atoms with Gasteiger partial charge >= 0.3 is 0 Å². The van der Waals surface area contributed by atoms with E-state index in [9.17, 15) is 9.59 Å². The maximum absolute atomic E-state index is 12.7. The van der Waals surface area contributed by atoms with Gasteiger partial charge in [-0.15, -0.1) is 0 Å². The first-order valence-corrected chi connectivity index (χ1v) is 9.56. The minimum absolute atomic E-state index is 0.158. The molecule has 0 saturated heterocycles. The Morgan fingerprint density at radius 2 is 1.60 bits per heavy atom. The highest BCUT2D eigenvalue weighted by Gasteiger charge is 2.14. The fraction of sp³-hybridized carbons (Fsp3) is 0.0833. The maximum Gasteiger partial charge on any atom is 0.274 e. The molecule has 2 aromatic carbocycles. The van der Waals surface area contributed by atoms with Crippen LogP contribution in [0.25, 0.3) is 10.9 Å². The van der Waals surface area contributed by atoms with Crippen LogP contribution in [0, 0.1) is 6.92 Å². The number of anilines is 1. The summed E-state index contributed by atoms with van der Waals surface area (Å²) in [5, 5.41) is 6.60. The lowest BCUT2D eigenvalue weighted by Crippen LogP contribution is -2.25. The number of nitrogens with one attached hydrogen (secondary N) is 2. The summed E-state index contributed by atoms with van der Waals surface area (Å²) < 4.78 is 0. The van der Waals surface area contributed by atoms with Crippen LogP contribution in [-0.2, 0) is 6.54 Å². The maximum atomic E-state index is 12.7. The lowest BCUT2D eigenvalue weighted by Gasteiger charge is -2.09. The molecular formula is C24H20N4O2. The molecule has 0 atom stereocenters. The van der Waals surface area contributed by atoms with Crippen molar-refractivity contribution in [3.63, 3.8) is 0 Å². The molecule has 2 amide bonds. The van der Waals surface area contributed by atoms with Crippen LogP contribution < -0.4 is 10.6 Å². The molecule has 148 valence electrons. The molecule has 0 fully saturated rings. The number of pyridine rings is 2. The van der Waals surface area contributed by atoms with Gasteiger partial charge in [0, 0.05) is 18.1 Å². The van der Waals surface area contributed by atoms with Gasteiger partial charge in [-0.3, -0.25) is 14.6 Å². The summed E-state index contributed by atoms with van der Waals surface area (Å²) in [5.41, 5.74) is 3.76. The molecule has 0 saturated carbocycles. The summed E-state index contributed by atoms with van der Waals surface area (Å²) in [4.78, 5) is 33.8. The minimum atomic E-state index is -0.401. The third kappa shape index (κ3) is 4.33. The Kier molecular flexibility index (Phi) is 5.48. The summed E-state index contributed by atoms with van der Waals surface area (Å²) in [7, 11) is 0. The summed E-state index contributed by atoms with van der Waals surface area (Å²) in [6, 6.07) is 22.0. The molecule has 30 heavy (non-hydrogen) atoms. The monoisotopic (exact) mass is 396 g/mol. The van der Waals surface area contributed by atoms with Crippen LogP contribution in [0.2, 0.25) is 0 Å². The Balaban J connectivity index is 1.48. The molecule has 6 nitrogen and oxygen atoms in total. The van der Waals surface area contributed by atoms with E-state index in [1.54, 1.807) is 30.5 Å². The molecule has 4 rings (SSSR count). The Hall–Kier alpha value is -4.06. The van der Waals surface area contributed by atoms with E-state index < -0.39 is 5.91 Å². The predicted octanol–water partition coefficient (Wildman–Crippen LogP) is 4.12. The standard InChI is InChI=1S/C24H20N4O2/c1-16-6-2-7-17(14-16)15-26-23(29)20-11-4-12-21(27-20)24(30)28-19-10-3-8-18-9-5-13-25-22(18)19/h2-14H,15H2,1H3,(H,26,29)(H,28,30). The average molecular weight is 396 g/mol. The highest BCUT2D eigenvalue weighted by molar-refractivity contribution is 6.07. The van der Waals surface area contributed by atoms with Gasteiger partial charge in [0.1, 0.15) is 11.4 Å². The average Bonchev–Trinajstić information content (AvgIpc) is 2.78. The molecule has 0 aliphatic rings. The molecule has 6 heteroatoms. The van der Waals surface area contributed by atoms with Gasteiger partial charge in [-0.2, -0.15) is 0 Å². The summed E-state index contributed by atoms with van der Waals surface area (Å²) >= 11 is 0. The summed E-state index contributed by atoms with van der Waals surface area (Å²) in [5.74, 6) is -0.737. The van der Waals surface area contributed by atoms with E-state index in [0.717, 1.165) is 16.5 Å². The first-order chi connectivity index (χ1) is 14.6. The zero-order valence-electron chi connectivity index (χ0n) is 16.4. The molecule has 0 spiro atoms. The van der Waals surface area contributed by atoms with Crippen molar-refractivity contribution in [1.82, 2.24) is 15.3 Å². The molecule has 2 heterocycles. The van der Waals surface area contributed by atoms with E-state index in [-0.39, 0.29) is 17.3 Å². The zero-order chi connectivity index (χ0) is 20.9. The minimum Gasteiger partial charge on any atom is -0.347 e. The van der Waals surface area contributed by atoms with Crippen molar-refractivity contribution in [3.05, 3.63) is 102 Å². The van der Waals surface area contributed by atoms with Crippen LogP contribution >= 0.6 is 0 Å². The quantitative estimate of drug-likeness (QED) is 0.531. The van der Waals surface area contributed by atoms with Crippen LogP contribution in [0.5, 0.6) is 0 Å². The topological polar surface area (TPSA) is 84.0 Å². The number of rotatable bonds is 5. The van der Waals surface area contributed by atoms with Crippen molar-refractivity contribution in [1.29, 1.82) is 0 Å². The van der Waals surface area contributed by atoms with E-state index in [0.29, 0.717) is 17.7 Å². The fourth-order valence-corrected chi connectivity index (χ4v) is 3.17. The zero-order valence-corrected chi connectivity index (χ0v) is 16.4. The Bertz CT molecular complexity index is 1230. The second-order valence-corrected chi connectivity index (χ2v) is 6.91. The lowest BCUT2D eigenvalue weighted by molar-refractivity contribution is 0.0945. The second kappa shape index (κ2) is 8.53. The van der Waals surface area contributed by atoms with Gasteiger partial charge in [0.05, 0.1) is 11.2 Å². The third-order valence-corrected chi connectivity index (χ3v) is 4.63.